The third-order valence-corrected chi connectivity index (χ3v) is 5.00. The fraction of sp³-hybridized carbons (Fsp3) is 0.333. The molecule has 0 saturated heterocycles. The van der Waals surface area contributed by atoms with Crippen LogP contribution in [0.5, 0.6) is 0 Å². The second-order valence-corrected chi connectivity index (χ2v) is 7.19. The van der Waals surface area contributed by atoms with Gasteiger partial charge in [-0.25, -0.2) is 4.39 Å². The summed E-state index contributed by atoms with van der Waals surface area (Å²) in [4.78, 5) is 27.1. The van der Waals surface area contributed by atoms with Crippen LogP contribution in [0.3, 0.4) is 0 Å². The second-order valence-electron chi connectivity index (χ2n) is 6.34. The number of hydrogen-bond donors (Lipinski definition) is 1. The summed E-state index contributed by atoms with van der Waals surface area (Å²) in [5.41, 5.74) is 0.946. The summed E-state index contributed by atoms with van der Waals surface area (Å²) in [6.07, 6.45) is 0.200. The van der Waals surface area contributed by atoms with Gasteiger partial charge in [0, 0.05) is 28.7 Å². The van der Waals surface area contributed by atoms with Gasteiger partial charge in [-0.3, -0.25) is 9.59 Å². The summed E-state index contributed by atoms with van der Waals surface area (Å²) < 4.78 is 14.2. The van der Waals surface area contributed by atoms with E-state index in [-0.39, 0.29) is 35.4 Å². The highest BCUT2D eigenvalue weighted by Gasteiger charge is 2.29. The van der Waals surface area contributed by atoms with Crippen molar-refractivity contribution in [1.82, 2.24) is 10.2 Å². The normalized spacial score (nSPS) is 11.8. The van der Waals surface area contributed by atoms with Crippen LogP contribution in [0.2, 0.25) is 10.0 Å². The van der Waals surface area contributed by atoms with Gasteiger partial charge in [0.05, 0.1) is 6.42 Å². The van der Waals surface area contributed by atoms with Crippen molar-refractivity contribution in [1.29, 1.82) is 0 Å². The summed E-state index contributed by atoms with van der Waals surface area (Å²) in [5, 5.41) is 3.52. The van der Waals surface area contributed by atoms with Crippen molar-refractivity contribution in [3.63, 3.8) is 0 Å². The van der Waals surface area contributed by atoms with E-state index in [1.165, 1.54) is 23.1 Å². The van der Waals surface area contributed by atoms with Crippen LogP contribution in [-0.2, 0) is 22.6 Å². The zero-order chi connectivity index (χ0) is 20.7. The first-order valence-electron chi connectivity index (χ1n) is 9.11. The van der Waals surface area contributed by atoms with Gasteiger partial charge >= 0.3 is 0 Å². The number of hydrogen-bond acceptors (Lipinski definition) is 2. The van der Waals surface area contributed by atoms with Gasteiger partial charge in [0.15, 0.2) is 0 Å². The molecule has 150 valence electrons. The Bertz CT molecular complexity index is 807. The molecule has 0 aliphatic rings. The molecular weight excluding hydrogens is 402 g/mol. The van der Waals surface area contributed by atoms with Gasteiger partial charge in [-0.1, -0.05) is 48.3 Å². The molecule has 2 aromatic carbocycles. The van der Waals surface area contributed by atoms with E-state index < -0.39 is 11.9 Å². The Labute approximate surface area is 174 Å². The van der Waals surface area contributed by atoms with Gasteiger partial charge in [-0.2, -0.15) is 0 Å². The SMILES string of the molecule is CCNC(=O)[C@H](CC)N(Cc1ccc(Cl)cc1)C(=O)Cc1c(F)cccc1Cl. The number of rotatable bonds is 8. The van der Waals surface area contributed by atoms with Crippen LogP contribution in [0.1, 0.15) is 31.4 Å². The number of benzene rings is 2. The van der Waals surface area contributed by atoms with E-state index >= 15 is 0 Å². The average Bonchev–Trinajstić information content (AvgIpc) is 2.66. The molecule has 0 heterocycles. The van der Waals surface area contributed by atoms with Gasteiger partial charge < -0.3 is 10.2 Å². The minimum Gasteiger partial charge on any atom is -0.355 e. The molecule has 2 amide bonds. The van der Waals surface area contributed by atoms with Crippen LogP contribution < -0.4 is 5.32 Å². The maximum absolute atomic E-state index is 14.2. The molecule has 28 heavy (non-hydrogen) atoms. The van der Waals surface area contributed by atoms with Crippen molar-refractivity contribution >= 4 is 35.0 Å². The highest BCUT2D eigenvalue weighted by atomic mass is 35.5. The first-order valence-corrected chi connectivity index (χ1v) is 9.87. The van der Waals surface area contributed by atoms with Gasteiger partial charge in [0.25, 0.3) is 0 Å². The fourth-order valence-electron chi connectivity index (χ4n) is 2.95. The van der Waals surface area contributed by atoms with E-state index in [1.807, 2.05) is 13.8 Å². The largest absolute Gasteiger partial charge is 0.355 e. The summed E-state index contributed by atoms with van der Waals surface area (Å²) in [6, 6.07) is 10.7. The number of nitrogens with zero attached hydrogens (tertiary/aromatic N) is 1. The topological polar surface area (TPSA) is 49.4 Å². The number of halogens is 3. The Hall–Kier alpha value is -2.11. The molecule has 0 spiro atoms. The van der Waals surface area contributed by atoms with Crippen molar-refractivity contribution < 1.29 is 14.0 Å². The minimum atomic E-state index is -0.673. The van der Waals surface area contributed by atoms with Crippen LogP contribution in [0.25, 0.3) is 0 Å². The summed E-state index contributed by atoms with van der Waals surface area (Å²) in [6.45, 7) is 4.31. The molecule has 4 nitrogen and oxygen atoms in total. The zero-order valence-corrected chi connectivity index (χ0v) is 17.4. The van der Waals surface area contributed by atoms with Gasteiger partial charge in [0.2, 0.25) is 11.8 Å². The predicted molar refractivity (Wildman–Crippen MR) is 110 cm³/mol. The number of amides is 2. The Balaban J connectivity index is 2.33. The van der Waals surface area contributed by atoms with E-state index in [0.29, 0.717) is 18.0 Å². The van der Waals surface area contributed by atoms with Gasteiger partial charge in [0.1, 0.15) is 11.9 Å². The van der Waals surface area contributed by atoms with Crippen LogP contribution in [0, 0.1) is 5.82 Å². The Morgan fingerprint density at radius 2 is 1.79 bits per heavy atom. The summed E-state index contributed by atoms with van der Waals surface area (Å²) in [5.74, 6) is -1.16. The predicted octanol–water partition coefficient (Wildman–Crippen LogP) is 4.62. The van der Waals surface area contributed by atoms with Crippen molar-refractivity contribution in [2.24, 2.45) is 0 Å². The number of carbonyl (C=O) groups excluding carboxylic acids is 2. The molecule has 1 atom stereocenters. The molecule has 0 saturated carbocycles. The standard InChI is InChI=1S/C21H23Cl2FN2O2/c1-3-19(21(28)25-4-2)26(13-14-8-10-15(22)11-9-14)20(27)12-16-17(23)6-5-7-18(16)24/h5-11,19H,3-4,12-13H2,1-2H3,(H,25,28)/t19-/m0/s1. The molecule has 1 N–H and O–H groups in total. The lowest BCUT2D eigenvalue weighted by molar-refractivity contribution is -0.140. The molecule has 2 rings (SSSR count). The van der Waals surface area contributed by atoms with Crippen molar-refractivity contribution in [2.45, 2.75) is 39.3 Å². The first kappa shape index (κ1) is 22.2. The Morgan fingerprint density at radius 3 is 2.36 bits per heavy atom. The van der Waals surface area contributed by atoms with E-state index in [1.54, 1.807) is 24.3 Å². The van der Waals surface area contributed by atoms with Crippen molar-refractivity contribution in [2.75, 3.05) is 6.54 Å². The van der Waals surface area contributed by atoms with Crippen LogP contribution in [-0.4, -0.2) is 29.3 Å². The van der Waals surface area contributed by atoms with Gasteiger partial charge in [-0.05, 0) is 43.2 Å². The first-order chi connectivity index (χ1) is 13.4. The molecule has 0 unspecified atom stereocenters. The molecule has 0 aliphatic carbocycles. The van der Waals surface area contributed by atoms with Crippen molar-refractivity contribution in [3.05, 3.63) is 69.5 Å². The number of nitrogens with one attached hydrogen (secondary N) is 1. The van der Waals surface area contributed by atoms with E-state index in [4.69, 9.17) is 23.2 Å². The quantitative estimate of drug-likeness (QED) is 0.671. The molecule has 0 aromatic heterocycles. The number of likely N-dealkylation sites (N-methyl/N-ethyl adjacent to an activating group) is 1. The molecule has 0 bridgehead atoms. The molecule has 2 aromatic rings. The molecule has 0 radical (unpaired) electrons. The Kier molecular flexibility index (Phi) is 8.27. The number of carbonyl (C=O) groups is 2. The third kappa shape index (κ3) is 5.69. The van der Waals surface area contributed by atoms with Crippen LogP contribution in [0.4, 0.5) is 4.39 Å². The molecule has 7 heteroatoms. The van der Waals surface area contributed by atoms with E-state index in [0.717, 1.165) is 5.56 Å². The van der Waals surface area contributed by atoms with Crippen molar-refractivity contribution in [3.8, 4) is 0 Å². The lowest BCUT2D eigenvalue weighted by atomic mass is 10.1. The smallest absolute Gasteiger partial charge is 0.242 e. The summed E-state index contributed by atoms with van der Waals surface area (Å²) in [7, 11) is 0. The lowest BCUT2D eigenvalue weighted by Gasteiger charge is -2.30. The van der Waals surface area contributed by atoms with E-state index in [9.17, 15) is 14.0 Å². The maximum Gasteiger partial charge on any atom is 0.242 e. The van der Waals surface area contributed by atoms with E-state index in [2.05, 4.69) is 5.32 Å². The fourth-order valence-corrected chi connectivity index (χ4v) is 3.31. The highest BCUT2D eigenvalue weighted by molar-refractivity contribution is 6.31. The molecule has 0 fully saturated rings. The molecular formula is C21H23Cl2FN2O2. The van der Waals surface area contributed by atoms with Crippen LogP contribution >= 0.6 is 23.2 Å². The zero-order valence-electron chi connectivity index (χ0n) is 15.8. The monoisotopic (exact) mass is 424 g/mol. The third-order valence-electron chi connectivity index (χ3n) is 4.39. The Morgan fingerprint density at radius 1 is 1.11 bits per heavy atom. The van der Waals surface area contributed by atoms with Gasteiger partial charge in [-0.15, -0.1) is 0 Å². The maximum atomic E-state index is 14.2. The van der Waals surface area contributed by atoms with Crippen LogP contribution in [0.15, 0.2) is 42.5 Å². The second kappa shape index (κ2) is 10.4. The minimum absolute atomic E-state index is 0.126. The highest BCUT2D eigenvalue weighted by Crippen LogP contribution is 2.22. The average molecular weight is 425 g/mol. The summed E-state index contributed by atoms with van der Waals surface area (Å²) >= 11 is 12.0. The lowest BCUT2D eigenvalue weighted by Crippen LogP contribution is -2.49. The molecule has 0 aliphatic heterocycles.